The van der Waals surface area contributed by atoms with Gasteiger partial charge in [-0.1, -0.05) is 109 Å². The van der Waals surface area contributed by atoms with E-state index in [4.69, 9.17) is 25.1 Å². The van der Waals surface area contributed by atoms with E-state index in [1.165, 1.54) is 16.7 Å². The van der Waals surface area contributed by atoms with Gasteiger partial charge in [0.05, 0.1) is 31.2 Å². The highest BCUT2D eigenvalue weighted by molar-refractivity contribution is 5.70. The van der Waals surface area contributed by atoms with Crippen LogP contribution < -0.4 is 31.2 Å². The Hall–Kier alpha value is -5.64. The molecule has 0 aliphatic rings. The summed E-state index contributed by atoms with van der Waals surface area (Å²) in [4.78, 5) is 0. The molecule has 0 heterocycles. The van der Waals surface area contributed by atoms with Crippen molar-refractivity contribution in [3.05, 3.63) is 179 Å². The zero-order chi connectivity index (χ0) is 37.2. The third-order valence-electron chi connectivity index (χ3n) is 8.87. The average Bonchev–Trinajstić information content (AvgIpc) is 3.22. The van der Waals surface area contributed by atoms with Crippen LogP contribution in [0.2, 0.25) is 0 Å². The molecule has 278 valence electrons. The van der Waals surface area contributed by atoms with E-state index in [2.05, 4.69) is 107 Å². The molecule has 0 spiro atoms. The molecular weight excluding hydrogens is 673 g/mol. The van der Waals surface area contributed by atoms with Gasteiger partial charge in [-0.05, 0) is 80.9 Å². The van der Waals surface area contributed by atoms with Gasteiger partial charge in [-0.15, -0.1) is 0 Å². The Labute approximate surface area is 318 Å². The van der Waals surface area contributed by atoms with Crippen molar-refractivity contribution in [2.24, 2.45) is 5.73 Å². The molecule has 6 aromatic rings. The number of benzene rings is 6. The first-order valence-corrected chi connectivity index (χ1v) is 18.5. The van der Waals surface area contributed by atoms with Crippen LogP contribution in [0.3, 0.4) is 0 Å². The maximum atomic E-state index is 9.12. The molecule has 0 aliphatic carbocycles. The summed E-state index contributed by atoms with van der Waals surface area (Å²) in [6.07, 6.45) is 0. The van der Waals surface area contributed by atoms with Gasteiger partial charge in [0.1, 0.15) is 13.2 Å². The van der Waals surface area contributed by atoms with Crippen LogP contribution in [-0.2, 0) is 44.2 Å². The second kappa shape index (κ2) is 20.6. The third-order valence-corrected chi connectivity index (χ3v) is 8.87. The van der Waals surface area contributed by atoms with Crippen LogP contribution in [0, 0.1) is 0 Å². The Morgan fingerprint density at radius 3 is 1.83 bits per heavy atom. The minimum absolute atomic E-state index is 0.0181. The van der Waals surface area contributed by atoms with Crippen LogP contribution in [0.1, 0.15) is 33.4 Å². The molecule has 0 fully saturated rings. The van der Waals surface area contributed by atoms with Gasteiger partial charge >= 0.3 is 0 Å². The first-order chi connectivity index (χ1) is 26.7. The lowest BCUT2D eigenvalue weighted by Crippen LogP contribution is -2.21. The van der Waals surface area contributed by atoms with Crippen molar-refractivity contribution in [1.82, 2.24) is 5.32 Å². The van der Waals surface area contributed by atoms with Gasteiger partial charge in [-0.3, -0.25) is 0 Å². The number of anilines is 2. The topological polar surface area (TPSA) is 110 Å². The van der Waals surface area contributed by atoms with Crippen molar-refractivity contribution < 1.29 is 19.3 Å². The normalized spacial score (nSPS) is 10.9. The number of rotatable bonds is 21. The zero-order valence-electron chi connectivity index (χ0n) is 30.7. The van der Waals surface area contributed by atoms with Crippen molar-refractivity contribution in [3.8, 4) is 22.6 Å². The van der Waals surface area contributed by atoms with Crippen LogP contribution >= 0.6 is 0 Å². The highest BCUT2D eigenvalue weighted by Gasteiger charge is 2.11. The molecule has 6 aromatic carbocycles. The summed E-state index contributed by atoms with van der Waals surface area (Å²) in [6.45, 7) is 4.99. The number of hydrogen-bond acceptors (Lipinski definition) is 8. The summed E-state index contributed by atoms with van der Waals surface area (Å²) in [5.74, 6) is 1.31. The molecule has 6 N–H and O–H groups in total. The molecule has 0 atom stereocenters. The van der Waals surface area contributed by atoms with Crippen LogP contribution in [0.15, 0.2) is 146 Å². The Morgan fingerprint density at radius 1 is 0.481 bits per heavy atom. The van der Waals surface area contributed by atoms with Gasteiger partial charge in [0.25, 0.3) is 0 Å². The highest BCUT2D eigenvalue weighted by atomic mass is 16.5. The number of hydrogen-bond donors (Lipinski definition) is 5. The lowest BCUT2D eigenvalue weighted by atomic mass is 10.0. The number of ether oxygens (including phenoxy) is 3. The predicted octanol–water partition coefficient (Wildman–Crippen LogP) is 8.29. The molecule has 0 unspecified atom stereocenters. The number of aliphatic hydroxyl groups excluding tert-OH is 1. The Balaban J connectivity index is 1.12. The summed E-state index contributed by atoms with van der Waals surface area (Å²) < 4.78 is 18.2. The standard InChI is InChI=1S/C46H50N4O4/c47-21-22-48-29-38-17-19-43(49-30-35-9-3-1-4-10-35)44(27-38)50-31-37-13-7-15-41(25-37)42-16-8-14-39(26-42)34-53-45-20-18-40(32-52-24-23-51)28-46(45)54-33-36-11-5-2-6-12-36/h1-20,25-28,48-51H,21-24,29-34,47H2. The number of aliphatic hydroxyl groups is 1. The largest absolute Gasteiger partial charge is 0.485 e. The molecule has 0 aromatic heterocycles. The summed E-state index contributed by atoms with van der Waals surface area (Å²) in [5.41, 5.74) is 16.7. The molecule has 8 heteroatoms. The summed E-state index contributed by atoms with van der Waals surface area (Å²) >= 11 is 0. The lowest BCUT2D eigenvalue weighted by Gasteiger charge is -2.17. The third kappa shape index (κ3) is 11.7. The first kappa shape index (κ1) is 38.1. The van der Waals surface area contributed by atoms with E-state index < -0.39 is 0 Å². The average molecular weight is 723 g/mol. The van der Waals surface area contributed by atoms with Crippen LogP contribution in [-0.4, -0.2) is 31.4 Å². The van der Waals surface area contributed by atoms with E-state index in [1.807, 2.05) is 54.6 Å². The lowest BCUT2D eigenvalue weighted by molar-refractivity contribution is 0.0813. The molecule has 8 nitrogen and oxygen atoms in total. The van der Waals surface area contributed by atoms with Gasteiger partial charge < -0.3 is 41.0 Å². The zero-order valence-corrected chi connectivity index (χ0v) is 30.7. The van der Waals surface area contributed by atoms with E-state index in [-0.39, 0.29) is 13.2 Å². The maximum Gasteiger partial charge on any atom is 0.162 e. The van der Waals surface area contributed by atoms with E-state index in [1.54, 1.807) is 0 Å². The summed E-state index contributed by atoms with van der Waals surface area (Å²) in [6, 6.07) is 50.0. The fourth-order valence-corrected chi connectivity index (χ4v) is 6.05. The van der Waals surface area contributed by atoms with Crippen LogP contribution in [0.5, 0.6) is 11.5 Å². The van der Waals surface area contributed by atoms with Crippen molar-refractivity contribution in [2.45, 2.75) is 39.5 Å². The molecule has 0 saturated heterocycles. The quantitative estimate of drug-likeness (QED) is 0.0473. The molecule has 0 amide bonds. The second-order valence-electron chi connectivity index (χ2n) is 13.1. The van der Waals surface area contributed by atoms with E-state index in [0.29, 0.717) is 44.4 Å². The number of nitrogens with two attached hydrogens (primary N) is 1. The van der Waals surface area contributed by atoms with Crippen LogP contribution in [0.4, 0.5) is 11.4 Å². The number of nitrogens with one attached hydrogen (secondary N) is 3. The van der Waals surface area contributed by atoms with Crippen molar-refractivity contribution in [1.29, 1.82) is 0 Å². The fourth-order valence-electron chi connectivity index (χ4n) is 6.05. The minimum Gasteiger partial charge on any atom is -0.485 e. The molecule has 54 heavy (non-hydrogen) atoms. The van der Waals surface area contributed by atoms with Gasteiger partial charge in [0.2, 0.25) is 0 Å². The smallest absolute Gasteiger partial charge is 0.162 e. The van der Waals surface area contributed by atoms with Crippen molar-refractivity contribution in [2.75, 3.05) is 36.9 Å². The molecule has 0 radical (unpaired) electrons. The minimum atomic E-state index is -0.0181. The van der Waals surface area contributed by atoms with E-state index in [0.717, 1.165) is 58.8 Å². The Kier molecular flexibility index (Phi) is 14.5. The second-order valence-corrected chi connectivity index (χ2v) is 13.1. The summed E-state index contributed by atoms with van der Waals surface area (Å²) in [7, 11) is 0. The van der Waals surface area contributed by atoms with Gasteiger partial charge in [-0.2, -0.15) is 0 Å². The highest BCUT2D eigenvalue weighted by Crippen LogP contribution is 2.31. The molecule has 0 bridgehead atoms. The van der Waals surface area contributed by atoms with Crippen molar-refractivity contribution >= 4 is 11.4 Å². The predicted molar refractivity (Wildman–Crippen MR) is 218 cm³/mol. The molecular formula is C46H50N4O4. The van der Waals surface area contributed by atoms with Crippen molar-refractivity contribution in [3.63, 3.8) is 0 Å². The van der Waals surface area contributed by atoms with E-state index >= 15 is 0 Å². The Morgan fingerprint density at radius 2 is 1.07 bits per heavy atom. The maximum absolute atomic E-state index is 9.12. The van der Waals surface area contributed by atoms with E-state index in [9.17, 15) is 0 Å². The Bertz CT molecular complexity index is 2020. The SMILES string of the molecule is NCCNCc1ccc(NCc2ccccc2)c(NCc2cccc(-c3cccc(COc4ccc(COCCO)cc4OCc4ccccc4)c3)c2)c1. The van der Waals surface area contributed by atoms with Gasteiger partial charge in [0, 0.05) is 32.7 Å². The first-order valence-electron chi connectivity index (χ1n) is 18.5. The van der Waals surface area contributed by atoms with Gasteiger partial charge in [0.15, 0.2) is 11.5 Å². The summed E-state index contributed by atoms with van der Waals surface area (Å²) in [5, 5.41) is 19.8. The monoisotopic (exact) mass is 722 g/mol. The van der Waals surface area contributed by atoms with Gasteiger partial charge in [-0.25, -0.2) is 0 Å². The fraction of sp³-hybridized carbons (Fsp3) is 0.217. The molecule has 0 aliphatic heterocycles. The van der Waals surface area contributed by atoms with Crippen LogP contribution in [0.25, 0.3) is 11.1 Å². The molecule has 0 saturated carbocycles. The molecule has 6 rings (SSSR count).